The molecule has 3 heterocycles. The molecule has 7 heteroatoms. The van der Waals surface area contributed by atoms with E-state index in [9.17, 15) is 14.4 Å². The van der Waals surface area contributed by atoms with Crippen LogP contribution in [0.2, 0.25) is 0 Å². The molecule has 128 valence electrons. The first-order valence-corrected chi connectivity index (χ1v) is 8.09. The Labute approximate surface area is 135 Å². The van der Waals surface area contributed by atoms with Gasteiger partial charge in [0.25, 0.3) is 0 Å². The van der Waals surface area contributed by atoms with Gasteiger partial charge >= 0.3 is 12.1 Å². The monoisotopic (exact) mass is 324 g/mol. The number of piperidine rings is 1. The van der Waals surface area contributed by atoms with Crippen LogP contribution >= 0.6 is 0 Å². The molecule has 0 N–H and O–H groups in total. The zero-order valence-corrected chi connectivity index (χ0v) is 14.1. The molecule has 4 atom stereocenters. The Morgan fingerprint density at radius 3 is 2.13 bits per heavy atom. The van der Waals surface area contributed by atoms with E-state index in [1.807, 2.05) is 20.8 Å². The number of esters is 1. The highest BCUT2D eigenvalue weighted by Gasteiger charge is 2.55. The van der Waals surface area contributed by atoms with Gasteiger partial charge in [-0.1, -0.05) is 0 Å². The number of methoxy groups -OCH3 is 1. The Hall–Kier alpha value is -1.79. The summed E-state index contributed by atoms with van der Waals surface area (Å²) in [4.78, 5) is 39.6. The molecule has 2 amide bonds. The molecular weight excluding hydrogens is 300 g/mol. The maximum Gasteiger partial charge on any atom is 0.410 e. The van der Waals surface area contributed by atoms with Crippen molar-refractivity contribution in [2.45, 2.75) is 51.3 Å². The molecule has 0 aromatic carbocycles. The lowest BCUT2D eigenvalue weighted by atomic mass is 9.87. The largest absolute Gasteiger partial charge is 0.469 e. The Balaban J connectivity index is 1.54. The number of nitrogens with zero attached hydrogens (tertiary/aromatic N) is 2. The zero-order valence-electron chi connectivity index (χ0n) is 14.1. The van der Waals surface area contributed by atoms with Gasteiger partial charge < -0.3 is 14.4 Å². The highest BCUT2D eigenvalue weighted by atomic mass is 16.6. The third-order valence-corrected chi connectivity index (χ3v) is 4.72. The van der Waals surface area contributed by atoms with Crippen molar-refractivity contribution in [3.05, 3.63) is 0 Å². The SMILES string of the molecule is COC(=O)[C@@H]1C[C@H]1C(=O)N1CC2CC(C1)N2C(=O)OC(C)(C)C. The Kier molecular flexibility index (Phi) is 3.77. The number of ether oxygens (including phenoxy) is 2. The molecule has 4 aliphatic rings. The molecule has 7 nitrogen and oxygen atoms in total. The average Bonchev–Trinajstić information content (AvgIpc) is 3.24. The van der Waals surface area contributed by atoms with E-state index in [4.69, 9.17) is 4.74 Å². The fraction of sp³-hybridized carbons (Fsp3) is 0.812. The van der Waals surface area contributed by atoms with E-state index in [0.29, 0.717) is 19.5 Å². The van der Waals surface area contributed by atoms with Crippen LogP contribution in [0, 0.1) is 11.8 Å². The topological polar surface area (TPSA) is 76.2 Å². The summed E-state index contributed by atoms with van der Waals surface area (Å²) in [5.74, 6) is -0.817. The lowest BCUT2D eigenvalue weighted by Gasteiger charge is -2.55. The van der Waals surface area contributed by atoms with Crippen LogP contribution < -0.4 is 0 Å². The van der Waals surface area contributed by atoms with Crippen LogP contribution in [0.25, 0.3) is 0 Å². The van der Waals surface area contributed by atoms with Gasteiger partial charge in [-0.25, -0.2) is 4.79 Å². The minimum Gasteiger partial charge on any atom is -0.469 e. The van der Waals surface area contributed by atoms with Crippen LogP contribution in [0.4, 0.5) is 4.79 Å². The van der Waals surface area contributed by atoms with Crippen molar-refractivity contribution < 1.29 is 23.9 Å². The standard InChI is InChI=1S/C16H24N2O5/c1-16(2,3)23-15(21)18-9-5-10(18)8-17(7-9)13(19)11-6-12(11)14(20)22-4/h9-12H,5-8H2,1-4H3/t9?,10?,11-,12-/m1/s1. The Bertz CT molecular complexity index is 529. The van der Waals surface area contributed by atoms with E-state index in [1.54, 1.807) is 9.80 Å². The smallest absolute Gasteiger partial charge is 0.410 e. The van der Waals surface area contributed by atoms with Crippen molar-refractivity contribution in [3.8, 4) is 0 Å². The number of rotatable bonds is 2. The van der Waals surface area contributed by atoms with Crippen molar-refractivity contribution in [3.63, 3.8) is 0 Å². The van der Waals surface area contributed by atoms with Crippen molar-refractivity contribution in [1.29, 1.82) is 0 Å². The number of fused-ring (bicyclic) bond motifs is 2. The molecule has 4 rings (SSSR count). The normalized spacial score (nSPS) is 32.0. The summed E-state index contributed by atoms with van der Waals surface area (Å²) in [6.07, 6.45) is 1.19. The molecule has 0 aromatic rings. The van der Waals surface area contributed by atoms with Gasteiger partial charge in [-0.3, -0.25) is 14.5 Å². The van der Waals surface area contributed by atoms with Crippen molar-refractivity contribution in [2.24, 2.45) is 11.8 Å². The molecule has 3 saturated heterocycles. The molecule has 2 unspecified atom stereocenters. The lowest BCUT2D eigenvalue weighted by molar-refractivity contribution is -0.148. The molecule has 1 saturated carbocycles. The van der Waals surface area contributed by atoms with Crippen LogP contribution in [-0.2, 0) is 19.1 Å². The fourth-order valence-electron chi connectivity index (χ4n) is 3.52. The van der Waals surface area contributed by atoms with Gasteiger partial charge in [-0.2, -0.15) is 0 Å². The van der Waals surface area contributed by atoms with Gasteiger partial charge in [0.15, 0.2) is 0 Å². The molecule has 0 spiro atoms. The van der Waals surface area contributed by atoms with Crippen LogP contribution in [-0.4, -0.2) is 65.7 Å². The number of piperazine rings is 1. The second-order valence-corrected chi connectivity index (χ2v) is 7.65. The van der Waals surface area contributed by atoms with E-state index in [0.717, 1.165) is 6.42 Å². The maximum atomic E-state index is 12.4. The quantitative estimate of drug-likeness (QED) is 0.709. The van der Waals surface area contributed by atoms with E-state index in [-0.39, 0.29) is 41.9 Å². The van der Waals surface area contributed by atoms with Crippen LogP contribution in [0.1, 0.15) is 33.6 Å². The van der Waals surface area contributed by atoms with Crippen molar-refractivity contribution >= 4 is 18.0 Å². The second-order valence-electron chi connectivity index (χ2n) is 7.65. The first-order chi connectivity index (χ1) is 10.7. The fourth-order valence-corrected chi connectivity index (χ4v) is 3.52. The van der Waals surface area contributed by atoms with Gasteiger partial charge in [-0.05, 0) is 33.6 Å². The molecule has 2 bridgehead atoms. The number of carbonyl (C=O) groups excluding carboxylic acids is 3. The lowest BCUT2D eigenvalue weighted by Crippen LogP contribution is -2.71. The average molecular weight is 324 g/mol. The van der Waals surface area contributed by atoms with Crippen LogP contribution in [0.15, 0.2) is 0 Å². The first-order valence-electron chi connectivity index (χ1n) is 8.09. The van der Waals surface area contributed by atoms with Gasteiger partial charge in [0, 0.05) is 13.1 Å². The summed E-state index contributed by atoms with van der Waals surface area (Å²) in [5.41, 5.74) is -0.516. The number of hydrogen-bond acceptors (Lipinski definition) is 5. The van der Waals surface area contributed by atoms with Crippen molar-refractivity contribution in [2.75, 3.05) is 20.2 Å². The minimum absolute atomic E-state index is 0.0129. The predicted molar refractivity (Wildman–Crippen MR) is 80.5 cm³/mol. The second kappa shape index (κ2) is 5.39. The summed E-state index contributed by atoms with van der Waals surface area (Å²) < 4.78 is 10.1. The first kappa shape index (κ1) is 16.1. The summed E-state index contributed by atoms with van der Waals surface area (Å²) in [5, 5.41) is 0. The molecular formula is C16H24N2O5. The highest BCUT2D eigenvalue weighted by molar-refractivity contribution is 5.90. The van der Waals surface area contributed by atoms with E-state index < -0.39 is 5.60 Å². The number of carbonyl (C=O) groups is 3. The summed E-state index contributed by atoms with van der Waals surface area (Å²) in [6.45, 7) is 6.58. The predicted octanol–water partition coefficient (Wildman–Crippen LogP) is 1.02. The maximum absolute atomic E-state index is 12.4. The van der Waals surface area contributed by atoms with Gasteiger partial charge in [-0.15, -0.1) is 0 Å². The zero-order chi connectivity index (χ0) is 16.9. The van der Waals surface area contributed by atoms with Gasteiger partial charge in [0.05, 0.1) is 31.0 Å². The number of amides is 2. The minimum atomic E-state index is -0.516. The van der Waals surface area contributed by atoms with Gasteiger partial charge in [0.2, 0.25) is 5.91 Å². The molecule has 23 heavy (non-hydrogen) atoms. The van der Waals surface area contributed by atoms with Crippen LogP contribution in [0.3, 0.4) is 0 Å². The third kappa shape index (κ3) is 3.01. The summed E-state index contributed by atoms with van der Waals surface area (Å²) >= 11 is 0. The summed E-state index contributed by atoms with van der Waals surface area (Å²) in [7, 11) is 1.34. The Morgan fingerprint density at radius 1 is 1.00 bits per heavy atom. The van der Waals surface area contributed by atoms with E-state index in [1.165, 1.54) is 7.11 Å². The molecule has 0 aromatic heterocycles. The van der Waals surface area contributed by atoms with Crippen LogP contribution in [0.5, 0.6) is 0 Å². The Morgan fingerprint density at radius 2 is 1.61 bits per heavy atom. The number of hydrogen-bond donors (Lipinski definition) is 0. The molecule has 4 fully saturated rings. The molecule has 1 aliphatic carbocycles. The van der Waals surface area contributed by atoms with E-state index >= 15 is 0 Å². The van der Waals surface area contributed by atoms with Crippen molar-refractivity contribution in [1.82, 2.24) is 9.80 Å². The van der Waals surface area contributed by atoms with E-state index in [2.05, 4.69) is 4.74 Å². The van der Waals surface area contributed by atoms with Gasteiger partial charge in [0.1, 0.15) is 5.60 Å². The molecule has 0 radical (unpaired) electrons. The summed E-state index contributed by atoms with van der Waals surface area (Å²) in [6, 6.07) is 0.0609. The highest BCUT2D eigenvalue weighted by Crippen LogP contribution is 2.43. The molecule has 3 aliphatic heterocycles. The third-order valence-electron chi connectivity index (χ3n) is 4.72.